The zero-order valence-corrected chi connectivity index (χ0v) is 11.3. The van der Waals surface area contributed by atoms with Crippen molar-refractivity contribution in [2.45, 2.75) is 13.2 Å². The van der Waals surface area contributed by atoms with Crippen LogP contribution >= 0.6 is 0 Å². The summed E-state index contributed by atoms with van der Waals surface area (Å²) in [7, 11) is 1.37. The van der Waals surface area contributed by atoms with Gasteiger partial charge in [-0.2, -0.15) is 8.78 Å². The minimum absolute atomic E-state index is 0.0381. The van der Waals surface area contributed by atoms with Crippen molar-refractivity contribution < 1.29 is 22.6 Å². The minimum Gasteiger partial charge on any atom is -0.493 e. The summed E-state index contributed by atoms with van der Waals surface area (Å²) in [6.45, 7) is -2.51. The molecule has 2 rings (SSSR count). The van der Waals surface area contributed by atoms with E-state index in [2.05, 4.69) is 10.1 Å². The molecular formula is C15H14F3NO2. The third-order valence-electron chi connectivity index (χ3n) is 2.77. The first kappa shape index (κ1) is 15.0. The number of hydrogen-bond donors (Lipinski definition) is 1. The van der Waals surface area contributed by atoms with E-state index in [0.29, 0.717) is 12.2 Å². The van der Waals surface area contributed by atoms with Crippen molar-refractivity contribution in [3.05, 3.63) is 53.8 Å². The van der Waals surface area contributed by atoms with Crippen LogP contribution in [0.25, 0.3) is 0 Å². The molecule has 0 saturated carbocycles. The summed E-state index contributed by atoms with van der Waals surface area (Å²) in [6.07, 6.45) is 0. The van der Waals surface area contributed by atoms with Crippen molar-refractivity contribution in [2.24, 2.45) is 0 Å². The Bertz CT molecular complexity index is 605. The van der Waals surface area contributed by atoms with Gasteiger partial charge in [0.05, 0.1) is 7.11 Å². The van der Waals surface area contributed by atoms with Crippen LogP contribution in [0.2, 0.25) is 0 Å². The molecule has 0 saturated heterocycles. The normalized spacial score (nSPS) is 10.5. The molecule has 6 heteroatoms. The topological polar surface area (TPSA) is 30.5 Å². The summed E-state index contributed by atoms with van der Waals surface area (Å²) in [4.78, 5) is 0. The van der Waals surface area contributed by atoms with Gasteiger partial charge >= 0.3 is 6.61 Å². The number of methoxy groups -OCH3 is 1. The van der Waals surface area contributed by atoms with Gasteiger partial charge in [-0.3, -0.25) is 0 Å². The minimum atomic E-state index is -2.91. The van der Waals surface area contributed by atoms with Crippen LogP contribution < -0.4 is 14.8 Å². The lowest BCUT2D eigenvalue weighted by Gasteiger charge is -2.12. The Kier molecular flexibility index (Phi) is 4.92. The molecule has 0 aliphatic carbocycles. The summed E-state index contributed by atoms with van der Waals surface area (Å²) >= 11 is 0. The molecule has 0 aromatic heterocycles. The van der Waals surface area contributed by atoms with Crippen molar-refractivity contribution in [1.29, 1.82) is 0 Å². The number of alkyl halides is 2. The quantitative estimate of drug-likeness (QED) is 0.872. The molecular weight excluding hydrogens is 283 g/mol. The number of ether oxygens (including phenoxy) is 2. The first-order valence-electron chi connectivity index (χ1n) is 6.19. The number of hydrogen-bond acceptors (Lipinski definition) is 3. The van der Waals surface area contributed by atoms with Crippen molar-refractivity contribution in [1.82, 2.24) is 0 Å². The van der Waals surface area contributed by atoms with Crippen LogP contribution in [-0.4, -0.2) is 13.7 Å². The molecule has 0 aliphatic rings. The summed E-state index contributed by atoms with van der Waals surface area (Å²) in [5.41, 5.74) is 1.42. The van der Waals surface area contributed by atoms with E-state index in [1.807, 2.05) is 0 Å². The maximum atomic E-state index is 13.1. The predicted molar refractivity (Wildman–Crippen MR) is 73.4 cm³/mol. The van der Waals surface area contributed by atoms with Gasteiger partial charge in [-0.15, -0.1) is 0 Å². The lowest BCUT2D eigenvalue weighted by atomic mass is 10.2. The van der Waals surface area contributed by atoms with Gasteiger partial charge < -0.3 is 14.8 Å². The van der Waals surface area contributed by atoms with Crippen LogP contribution in [0, 0.1) is 5.82 Å². The smallest absolute Gasteiger partial charge is 0.387 e. The van der Waals surface area contributed by atoms with E-state index >= 15 is 0 Å². The Morgan fingerprint density at radius 2 is 1.90 bits per heavy atom. The van der Waals surface area contributed by atoms with Crippen molar-refractivity contribution in [2.75, 3.05) is 12.4 Å². The molecule has 1 N–H and O–H groups in total. The summed E-state index contributed by atoms with van der Waals surface area (Å²) in [6, 6.07) is 10.7. The van der Waals surface area contributed by atoms with E-state index < -0.39 is 6.61 Å². The second kappa shape index (κ2) is 6.88. The standard InChI is InChI=1S/C15H14F3NO2/c1-20-14-8-12(5-6-13(14)21-15(17)18)19-9-10-3-2-4-11(16)7-10/h2-8,15,19H,9H2,1H3. The van der Waals surface area contributed by atoms with Gasteiger partial charge in [0.2, 0.25) is 0 Å². The number of nitrogens with one attached hydrogen (secondary N) is 1. The third-order valence-corrected chi connectivity index (χ3v) is 2.77. The van der Waals surface area contributed by atoms with E-state index in [0.717, 1.165) is 5.56 Å². The van der Waals surface area contributed by atoms with Gasteiger partial charge in [-0.1, -0.05) is 12.1 Å². The predicted octanol–water partition coefficient (Wildman–Crippen LogP) is 4.05. The molecule has 2 aromatic rings. The average molecular weight is 297 g/mol. The highest BCUT2D eigenvalue weighted by molar-refractivity contribution is 5.55. The molecule has 0 bridgehead atoms. The fourth-order valence-electron chi connectivity index (χ4n) is 1.82. The highest BCUT2D eigenvalue weighted by Crippen LogP contribution is 2.31. The van der Waals surface area contributed by atoms with Crippen LogP contribution in [0.3, 0.4) is 0 Å². The van der Waals surface area contributed by atoms with Gasteiger partial charge in [0.25, 0.3) is 0 Å². The van der Waals surface area contributed by atoms with Gasteiger partial charge in [0.15, 0.2) is 11.5 Å². The van der Waals surface area contributed by atoms with Gasteiger partial charge in [-0.05, 0) is 29.8 Å². The van der Waals surface area contributed by atoms with Gasteiger partial charge in [-0.25, -0.2) is 4.39 Å². The van der Waals surface area contributed by atoms with Gasteiger partial charge in [0.1, 0.15) is 5.82 Å². The first-order chi connectivity index (χ1) is 10.1. The molecule has 0 aliphatic heterocycles. The Hall–Kier alpha value is -2.37. The lowest BCUT2D eigenvalue weighted by Crippen LogP contribution is -2.04. The lowest BCUT2D eigenvalue weighted by molar-refractivity contribution is -0.0512. The van der Waals surface area contributed by atoms with E-state index in [9.17, 15) is 13.2 Å². The van der Waals surface area contributed by atoms with Crippen LogP contribution in [0.4, 0.5) is 18.9 Å². The van der Waals surface area contributed by atoms with Crippen LogP contribution in [0.15, 0.2) is 42.5 Å². The second-order valence-electron chi connectivity index (χ2n) is 4.23. The van der Waals surface area contributed by atoms with Crippen molar-refractivity contribution >= 4 is 5.69 Å². The molecule has 112 valence electrons. The second-order valence-corrected chi connectivity index (χ2v) is 4.23. The SMILES string of the molecule is COc1cc(NCc2cccc(F)c2)ccc1OC(F)F. The maximum Gasteiger partial charge on any atom is 0.387 e. The first-order valence-corrected chi connectivity index (χ1v) is 6.19. The van der Waals surface area contributed by atoms with Crippen LogP contribution in [0.5, 0.6) is 11.5 Å². The third kappa shape index (κ3) is 4.30. The highest BCUT2D eigenvalue weighted by Gasteiger charge is 2.10. The molecule has 0 fully saturated rings. The summed E-state index contributed by atoms with van der Waals surface area (Å²) in [5, 5.41) is 3.05. The van der Waals surface area contributed by atoms with Gasteiger partial charge in [0, 0.05) is 18.3 Å². The summed E-state index contributed by atoms with van der Waals surface area (Å²) < 4.78 is 46.8. The molecule has 3 nitrogen and oxygen atoms in total. The molecule has 21 heavy (non-hydrogen) atoms. The average Bonchev–Trinajstić information content (AvgIpc) is 2.45. The fourth-order valence-corrected chi connectivity index (χ4v) is 1.82. The molecule has 0 atom stereocenters. The van der Waals surface area contributed by atoms with Crippen LogP contribution in [-0.2, 0) is 6.54 Å². The molecule has 0 unspecified atom stereocenters. The Labute approximate surface area is 120 Å². The molecule has 0 spiro atoms. The monoisotopic (exact) mass is 297 g/mol. The van der Waals surface area contributed by atoms with Crippen molar-refractivity contribution in [3.63, 3.8) is 0 Å². The molecule has 0 radical (unpaired) electrons. The maximum absolute atomic E-state index is 13.1. The number of rotatable bonds is 6. The Balaban J connectivity index is 2.07. The fraction of sp³-hybridized carbons (Fsp3) is 0.200. The zero-order valence-electron chi connectivity index (χ0n) is 11.3. The van der Waals surface area contributed by atoms with Crippen LogP contribution in [0.1, 0.15) is 5.56 Å². The van der Waals surface area contributed by atoms with E-state index in [4.69, 9.17) is 4.74 Å². The Morgan fingerprint density at radius 3 is 2.57 bits per heavy atom. The largest absolute Gasteiger partial charge is 0.493 e. The van der Waals surface area contributed by atoms with Crippen molar-refractivity contribution in [3.8, 4) is 11.5 Å². The molecule has 0 amide bonds. The zero-order chi connectivity index (χ0) is 15.2. The number of benzene rings is 2. The Morgan fingerprint density at radius 1 is 1.10 bits per heavy atom. The molecule has 0 heterocycles. The molecule has 2 aromatic carbocycles. The number of halogens is 3. The van der Waals surface area contributed by atoms with E-state index in [1.54, 1.807) is 18.2 Å². The van der Waals surface area contributed by atoms with E-state index in [1.165, 1.54) is 31.4 Å². The number of anilines is 1. The summed E-state index contributed by atoms with van der Waals surface area (Å²) in [5.74, 6) is -0.157. The van der Waals surface area contributed by atoms with E-state index in [-0.39, 0.29) is 17.3 Å². The highest BCUT2D eigenvalue weighted by atomic mass is 19.3.